The number of fused-ring (bicyclic) bond motifs is 2. The first-order chi connectivity index (χ1) is 14.8. The lowest BCUT2D eigenvalue weighted by molar-refractivity contribution is 0.0504. The van der Waals surface area contributed by atoms with E-state index in [1.54, 1.807) is 6.20 Å². The molecule has 5 rings (SSSR count). The van der Waals surface area contributed by atoms with Gasteiger partial charge in [-0.1, -0.05) is 30.3 Å². The van der Waals surface area contributed by atoms with Gasteiger partial charge in [0.1, 0.15) is 18.1 Å². The molecule has 0 amide bonds. The fraction of sp³-hybridized carbons (Fsp3) is 0.200. The number of pyridine rings is 2. The van der Waals surface area contributed by atoms with Crippen LogP contribution in [0.1, 0.15) is 22.9 Å². The molecule has 7 heteroatoms. The molecule has 0 radical (unpaired) electrons. The summed E-state index contributed by atoms with van der Waals surface area (Å²) in [5.41, 5.74) is 3.66. The van der Waals surface area contributed by atoms with Gasteiger partial charge in [-0.3, -0.25) is 4.98 Å². The van der Waals surface area contributed by atoms with Crippen LogP contribution < -0.4 is 9.47 Å². The lowest BCUT2D eigenvalue weighted by Gasteiger charge is -2.30. The van der Waals surface area contributed by atoms with Crippen LogP contribution >= 0.6 is 24.8 Å². The molecule has 2 aromatic heterocycles. The first-order valence-electron chi connectivity index (χ1n) is 10.1. The summed E-state index contributed by atoms with van der Waals surface area (Å²) in [4.78, 5) is 8.80. The van der Waals surface area contributed by atoms with Gasteiger partial charge in [0.25, 0.3) is 0 Å². The van der Waals surface area contributed by atoms with Gasteiger partial charge in [-0.25, -0.2) is 4.98 Å². The largest absolute Gasteiger partial charge is 0.493 e. The molecular formula is C25H24Cl2N2O3. The highest BCUT2D eigenvalue weighted by Crippen LogP contribution is 2.39. The van der Waals surface area contributed by atoms with Crippen molar-refractivity contribution in [2.24, 2.45) is 5.92 Å². The van der Waals surface area contributed by atoms with Gasteiger partial charge in [0.05, 0.1) is 23.9 Å². The minimum atomic E-state index is -0.615. The zero-order chi connectivity index (χ0) is 20.3. The van der Waals surface area contributed by atoms with Gasteiger partial charge < -0.3 is 14.6 Å². The second-order valence-electron chi connectivity index (χ2n) is 7.56. The average Bonchev–Trinajstić information content (AvgIpc) is 2.80. The van der Waals surface area contributed by atoms with Crippen molar-refractivity contribution in [1.82, 2.24) is 9.97 Å². The van der Waals surface area contributed by atoms with E-state index in [2.05, 4.69) is 16.0 Å². The molecule has 2 aromatic carbocycles. The molecule has 0 fully saturated rings. The number of ether oxygens (including phenoxy) is 2. The van der Waals surface area contributed by atoms with Crippen molar-refractivity contribution in [3.63, 3.8) is 0 Å². The number of rotatable bonds is 5. The molecule has 166 valence electrons. The normalized spacial score (nSPS) is 16.8. The maximum absolute atomic E-state index is 10.9. The average molecular weight is 471 g/mol. The molecule has 1 N–H and O–H groups in total. The van der Waals surface area contributed by atoms with Gasteiger partial charge >= 0.3 is 0 Å². The molecule has 1 aliphatic heterocycles. The van der Waals surface area contributed by atoms with E-state index >= 15 is 0 Å². The SMILES string of the molecule is Cl.Cl.OC1c2cc(OCc3ccc4ccccc4n3)ccc2OCC1Cc1cccnc1. The number of aromatic nitrogens is 2. The second-order valence-corrected chi connectivity index (χ2v) is 7.56. The highest BCUT2D eigenvalue weighted by molar-refractivity contribution is 5.85. The van der Waals surface area contributed by atoms with Crippen LogP contribution in [0.15, 0.2) is 79.1 Å². The third kappa shape index (κ3) is 5.13. The van der Waals surface area contributed by atoms with Gasteiger partial charge in [0, 0.05) is 29.3 Å². The minimum absolute atomic E-state index is 0. The highest BCUT2D eigenvalue weighted by Gasteiger charge is 2.30. The van der Waals surface area contributed by atoms with E-state index in [1.807, 2.05) is 66.9 Å². The molecule has 0 aliphatic carbocycles. The molecule has 0 saturated carbocycles. The number of hydrogen-bond acceptors (Lipinski definition) is 5. The van der Waals surface area contributed by atoms with Gasteiger partial charge in [0.2, 0.25) is 0 Å². The molecule has 2 atom stereocenters. The molecule has 3 heterocycles. The van der Waals surface area contributed by atoms with Crippen LogP contribution in [0, 0.1) is 5.92 Å². The molecule has 0 spiro atoms. The number of benzene rings is 2. The zero-order valence-electron chi connectivity index (χ0n) is 17.3. The summed E-state index contributed by atoms with van der Waals surface area (Å²) in [6.45, 7) is 0.837. The Hall–Kier alpha value is -2.86. The number of halogens is 2. The zero-order valence-corrected chi connectivity index (χ0v) is 18.9. The Balaban J connectivity index is 0.00000144. The van der Waals surface area contributed by atoms with Crippen LogP contribution in [0.3, 0.4) is 0 Å². The maximum Gasteiger partial charge on any atom is 0.130 e. The van der Waals surface area contributed by atoms with E-state index in [0.717, 1.165) is 27.7 Å². The van der Waals surface area contributed by atoms with Crippen molar-refractivity contribution in [1.29, 1.82) is 0 Å². The third-order valence-corrected chi connectivity index (χ3v) is 5.46. The van der Waals surface area contributed by atoms with Crippen molar-refractivity contribution >= 4 is 35.7 Å². The van der Waals surface area contributed by atoms with Gasteiger partial charge in [-0.2, -0.15) is 0 Å². The summed E-state index contributed by atoms with van der Waals surface area (Å²) in [7, 11) is 0. The summed E-state index contributed by atoms with van der Waals surface area (Å²) in [6, 6.07) is 21.6. The van der Waals surface area contributed by atoms with E-state index in [-0.39, 0.29) is 30.7 Å². The minimum Gasteiger partial charge on any atom is -0.493 e. The molecule has 2 unspecified atom stereocenters. The number of aliphatic hydroxyl groups excluding tert-OH is 1. The standard InChI is InChI=1S/C25H22N2O3.2ClH/c28-25-19(12-17-4-3-11-26-14-17)15-30-24-10-9-21(13-22(24)25)29-16-20-8-7-18-5-1-2-6-23(18)27-20;;/h1-11,13-14,19,25,28H,12,15-16H2;2*1H. The van der Waals surface area contributed by atoms with E-state index < -0.39 is 6.10 Å². The number of aliphatic hydroxyl groups is 1. The number of para-hydroxylation sites is 1. The van der Waals surface area contributed by atoms with Crippen molar-refractivity contribution in [3.05, 3.63) is 95.9 Å². The van der Waals surface area contributed by atoms with Crippen LogP contribution in [-0.2, 0) is 13.0 Å². The van der Waals surface area contributed by atoms with Crippen LogP contribution in [-0.4, -0.2) is 21.7 Å². The first kappa shape index (κ1) is 23.8. The van der Waals surface area contributed by atoms with E-state index in [1.165, 1.54) is 0 Å². The fourth-order valence-electron chi connectivity index (χ4n) is 3.86. The first-order valence-corrected chi connectivity index (χ1v) is 10.1. The van der Waals surface area contributed by atoms with Crippen molar-refractivity contribution < 1.29 is 14.6 Å². The Morgan fingerprint density at radius 2 is 1.88 bits per heavy atom. The highest BCUT2D eigenvalue weighted by atomic mass is 35.5. The molecule has 0 saturated heterocycles. The van der Waals surface area contributed by atoms with E-state index in [0.29, 0.717) is 31.1 Å². The Kier molecular flexibility index (Phi) is 7.91. The van der Waals surface area contributed by atoms with Crippen LogP contribution in [0.5, 0.6) is 11.5 Å². The number of nitrogens with zero attached hydrogens (tertiary/aromatic N) is 2. The van der Waals surface area contributed by atoms with E-state index in [9.17, 15) is 5.11 Å². The van der Waals surface area contributed by atoms with Gasteiger partial charge in [0.15, 0.2) is 0 Å². The summed E-state index contributed by atoms with van der Waals surface area (Å²) in [6.07, 6.45) is 3.68. The van der Waals surface area contributed by atoms with Crippen molar-refractivity contribution in [2.45, 2.75) is 19.1 Å². The quantitative estimate of drug-likeness (QED) is 0.426. The topological polar surface area (TPSA) is 64.5 Å². The lowest BCUT2D eigenvalue weighted by atomic mass is 9.88. The Labute approximate surface area is 199 Å². The van der Waals surface area contributed by atoms with Crippen LogP contribution in [0.2, 0.25) is 0 Å². The Bertz CT molecular complexity index is 1170. The van der Waals surface area contributed by atoms with Crippen molar-refractivity contribution in [3.8, 4) is 11.5 Å². The summed E-state index contributed by atoms with van der Waals surface area (Å²) in [5, 5.41) is 12.0. The monoisotopic (exact) mass is 470 g/mol. The fourth-order valence-corrected chi connectivity index (χ4v) is 3.86. The Morgan fingerprint density at radius 1 is 1.00 bits per heavy atom. The summed E-state index contributed by atoms with van der Waals surface area (Å²) >= 11 is 0. The molecular weight excluding hydrogens is 447 g/mol. The predicted molar refractivity (Wildman–Crippen MR) is 129 cm³/mol. The number of hydrogen-bond donors (Lipinski definition) is 1. The van der Waals surface area contributed by atoms with Gasteiger partial charge in [-0.15, -0.1) is 24.8 Å². The lowest BCUT2D eigenvalue weighted by Crippen LogP contribution is -2.27. The molecule has 1 aliphatic rings. The summed E-state index contributed by atoms with van der Waals surface area (Å²) < 4.78 is 11.9. The predicted octanol–water partition coefficient (Wildman–Crippen LogP) is 5.34. The summed E-state index contributed by atoms with van der Waals surface area (Å²) in [5.74, 6) is 1.37. The molecule has 4 aromatic rings. The smallest absolute Gasteiger partial charge is 0.130 e. The molecule has 5 nitrogen and oxygen atoms in total. The second kappa shape index (κ2) is 10.6. The van der Waals surface area contributed by atoms with Crippen LogP contribution in [0.25, 0.3) is 10.9 Å². The molecule has 32 heavy (non-hydrogen) atoms. The Morgan fingerprint density at radius 3 is 2.72 bits per heavy atom. The third-order valence-electron chi connectivity index (χ3n) is 5.46. The molecule has 0 bridgehead atoms. The van der Waals surface area contributed by atoms with E-state index in [4.69, 9.17) is 9.47 Å². The van der Waals surface area contributed by atoms with Crippen LogP contribution in [0.4, 0.5) is 0 Å². The maximum atomic E-state index is 10.9. The van der Waals surface area contributed by atoms with Crippen molar-refractivity contribution in [2.75, 3.05) is 6.61 Å². The van der Waals surface area contributed by atoms with Gasteiger partial charge in [-0.05, 0) is 48.4 Å².